The van der Waals surface area contributed by atoms with Crippen LogP contribution < -0.4 is 0 Å². The summed E-state index contributed by atoms with van der Waals surface area (Å²) in [4.78, 5) is 21.4. The minimum absolute atomic E-state index is 0.468. The average molecular weight is 290 g/mol. The van der Waals surface area contributed by atoms with Crippen molar-refractivity contribution in [3.63, 3.8) is 0 Å². The predicted molar refractivity (Wildman–Crippen MR) is 85.4 cm³/mol. The van der Waals surface area contributed by atoms with Crippen molar-refractivity contribution in [3.8, 4) is 0 Å². The Kier molecular flexibility index (Phi) is 9.21. The molecule has 3 nitrogen and oxygen atoms in total. The van der Waals surface area contributed by atoms with Gasteiger partial charge < -0.3 is 0 Å². The predicted octanol–water partition coefficient (Wildman–Crippen LogP) is 4.78. The van der Waals surface area contributed by atoms with E-state index in [2.05, 4.69) is 13.8 Å². The van der Waals surface area contributed by atoms with Crippen LogP contribution in [-0.2, 0) is 14.6 Å². The zero-order chi connectivity index (χ0) is 15.3. The van der Waals surface area contributed by atoms with Gasteiger partial charge in [-0.3, -0.25) is 4.89 Å². The van der Waals surface area contributed by atoms with Gasteiger partial charge >= 0.3 is 5.97 Å². The van der Waals surface area contributed by atoms with Gasteiger partial charge in [0, 0.05) is 6.08 Å². The van der Waals surface area contributed by atoms with Crippen molar-refractivity contribution in [2.75, 3.05) is 6.61 Å². The van der Waals surface area contributed by atoms with Gasteiger partial charge in [0.05, 0.1) is 6.61 Å². The molecule has 0 saturated heterocycles. The Labute approximate surface area is 127 Å². The van der Waals surface area contributed by atoms with Crippen molar-refractivity contribution in [1.29, 1.82) is 0 Å². The molecule has 0 saturated carbocycles. The lowest BCUT2D eigenvalue weighted by Gasteiger charge is -2.14. The SMILES string of the molecule is CCCCC(CCC)COOC(=O)C=Cc1ccccc1. The molecule has 0 aromatic heterocycles. The van der Waals surface area contributed by atoms with Crippen molar-refractivity contribution in [2.45, 2.75) is 46.0 Å². The molecular formula is C18H26O3. The number of rotatable bonds is 10. The first-order valence-electron chi connectivity index (χ1n) is 7.82. The Morgan fingerprint density at radius 1 is 1.14 bits per heavy atom. The Hall–Kier alpha value is -1.61. The minimum atomic E-state index is -0.468. The van der Waals surface area contributed by atoms with Crippen LogP contribution in [0.4, 0.5) is 0 Å². The van der Waals surface area contributed by atoms with Crippen LogP contribution in [0.3, 0.4) is 0 Å². The summed E-state index contributed by atoms with van der Waals surface area (Å²) in [5, 5.41) is 0. The van der Waals surface area contributed by atoms with Crippen LogP contribution in [0, 0.1) is 5.92 Å². The molecule has 0 radical (unpaired) electrons. The van der Waals surface area contributed by atoms with Crippen LogP contribution in [0.25, 0.3) is 6.08 Å². The normalized spacial score (nSPS) is 12.5. The van der Waals surface area contributed by atoms with Gasteiger partial charge in [-0.25, -0.2) is 4.79 Å². The van der Waals surface area contributed by atoms with Crippen LogP contribution in [0.15, 0.2) is 36.4 Å². The lowest BCUT2D eigenvalue weighted by Crippen LogP contribution is -2.12. The van der Waals surface area contributed by atoms with Gasteiger partial charge in [0.1, 0.15) is 0 Å². The summed E-state index contributed by atoms with van der Waals surface area (Å²) in [5.41, 5.74) is 0.959. The highest BCUT2D eigenvalue weighted by molar-refractivity contribution is 5.86. The zero-order valence-electron chi connectivity index (χ0n) is 13.1. The van der Waals surface area contributed by atoms with E-state index in [4.69, 9.17) is 9.78 Å². The molecule has 0 spiro atoms. The van der Waals surface area contributed by atoms with Crippen molar-refractivity contribution < 1.29 is 14.6 Å². The third-order valence-corrected chi connectivity index (χ3v) is 3.32. The van der Waals surface area contributed by atoms with Crippen molar-refractivity contribution in [3.05, 3.63) is 42.0 Å². The molecule has 0 aliphatic heterocycles. The van der Waals surface area contributed by atoms with E-state index in [9.17, 15) is 4.79 Å². The molecule has 0 bridgehead atoms. The number of benzene rings is 1. The molecule has 0 amide bonds. The molecule has 1 aromatic rings. The molecule has 21 heavy (non-hydrogen) atoms. The fourth-order valence-corrected chi connectivity index (χ4v) is 2.16. The highest BCUT2D eigenvalue weighted by Crippen LogP contribution is 2.15. The van der Waals surface area contributed by atoms with E-state index in [1.54, 1.807) is 6.08 Å². The summed E-state index contributed by atoms with van der Waals surface area (Å²) in [6.45, 7) is 4.82. The Bertz CT molecular complexity index is 412. The van der Waals surface area contributed by atoms with E-state index < -0.39 is 5.97 Å². The average Bonchev–Trinajstić information content (AvgIpc) is 2.51. The molecule has 1 aromatic carbocycles. The Morgan fingerprint density at radius 3 is 2.57 bits per heavy atom. The first-order chi connectivity index (χ1) is 10.3. The third-order valence-electron chi connectivity index (χ3n) is 3.32. The molecule has 0 fully saturated rings. The molecule has 0 aliphatic carbocycles. The van der Waals surface area contributed by atoms with Crippen LogP contribution in [-0.4, -0.2) is 12.6 Å². The van der Waals surface area contributed by atoms with Crippen LogP contribution in [0.5, 0.6) is 0 Å². The molecule has 1 atom stereocenters. The van der Waals surface area contributed by atoms with Crippen LogP contribution in [0.1, 0.15) is 51.5 Å². The highest BCUT2D eigenvalue weighted by atomic mass is 17.2. The van der Waals surface area contributed by atoms with Crippen LogP contribution in [0.2, 0.25) is 0 Å². The summed E-state index contributed by atoms with van der Waals surface area (Å²) in [6, 6.07) is 9.62. The number of carbonyl (C=O) groups is 1. The van der Waals surface area contributed by atoms with E-state index >= 15 is 0 Å². The maximum absolute atomic E-state index is 11.5. The maximum Gasteiger partial charge on any atom is 0.365 e. The topological polar surface area (TPSA) is 35.5 Å². The molecule has 3 heteroatoms. The smallest absolute Gasteiger partial charge is 0.294 e. The number of hydrogen-bond donors (Lipinski definition) is 0. The van der Waals surface area contributed by atoms with Gasteiger partial charge in [-0.05, 0) is 30.4 Å². The van der Waals surface area contributed by atoms with E-state index in [0.717, 1.165) is 24.8 Å². The van der Waals surface area contributed by atoms with Crippen molar-refractivity contribution >= 4 is 12.0 Å². The first-order valence-corrected chi connectivity index (χ1v) is 7.82. The van der Waals surface area contributed by atoms with Gasteiger partial charge in [0.15, 0.2) is 0 Å². The Morgan fingerprint density at radius 2 is 1.90 bits per heavy atom. The van der Waals surface area contributed by atoms with Gasteiger partial charge in [-0.15, -0.1) is 0 Å². The second-order valence-electron chi connectivity index (χ2n) is 5.23. The van der Waals surface area contributed by atoms with Gasteiger partial charge in [-0.1, -0.05) is 63.4 Å². The monoisotopic (exact) mass is 290 g/mol. The standard InChI is InChI=1S/C18H26O3/c1-3-5-10-17(9-4-2)15-20-21-18(19)14-13-16-11-7-6-8-12-16/h6-8,11-14,17H,3-5,9-10,15H2,1-2H3. The molecule has 116 valence electrons. The lowest BCUT2D eigenvalue weighted by atomic mass is 9.98. The molecule has 1 unspecified atom stereocenters. The minimum Gasteiger partial charge on any atom is -0.294 e. The Balaban J connectivity index is 2.26. The first kappa shape index (κ1) is 17.4. The highest BCUT2D eigenvalue weighted by Gasteiger charge is 2.09. The molecule has 0 aliphatic rings. The van der Waals surface area contributed by atoms with E-state index in [1.807, 2.05) is 30.3 Å². The summed E-state index contributed by atoms with van der Waals surface area (Å²) >= 11 is 0. The molecular weight excluding hydrogens is 264 g/mol. The van der Waals surface area contributed by atoms with Gasteiger partial charge in [-0.2, -0.15) is 4.89 Å². The molecule has 1 rings (SSSR count). The fourth-order valence-electron chi connectivity index (χ4n) is 2.16. The van der Waals surface area contributed by atoms with E-state index in [-0.39, 0.29) is 0 Å². The summed E-state index contributed by atoms with van der Waals surface area (Å²) in [7, 11) is 0. The zero-order valence-corrected chi connectivity index (χ0v) is 13.1. The van der Waals surface area contributed by atoms with Crippen LogP contribution >= 0.6 is 0 Å². The third kappa shape index (κ3) is 8.30. The summed E-state index contributed by atoms with van der Waals surface area (Å²) in [6.07, 6.45) is 8.83. The number of hydrogen-bond acceptors (Lipinski definition) is 3. The number of unbranched alkanes of at least 4 members (excludes halogenated alkanes) is 1. The largest absolute Gasteiger partial charge is 0.365 e. The molecule has 0 N–H and O–H groups in total. The number of carbonyl (C=O) groups excluding carboxylic acids is 1. The van der Waals surface area contributed by atoms with Gasteiger partial charge in [0.2, 0.25) is 0 Å². The summed E-state index contributed by atoms with van der Waals surface area (Å²) < 4.78 is 0. The van der Waals surface area contributed by atoms with Gasteiger partial charge in [0.25, 0.3) is 0 Å². The van der Waals surface area contributed by atoms with Crippen molar-refractivity contribution in [1.82, 2.24) is 0 Å². The fraction of sp³-hybridized carbons (Fsp3) is 0.500. The summed E-state index contributed by atoms with van der Waals surface area (Å²) in [5.74, 6) is 0.00504. The second kappa shape index (κ2) is 11.1. The van der Waals surface area contributed by atoms with Crippen molar-refractivity contribution in [2.24, 2.45) is 5.92 Å². The maximum atomic E-state index is 11.5. The molecule has 0 heterocycles. The quantitative estimate of drug-likeness (QED) is 0.353. The van der Waals surface area contributed by atoms with E-state index in [0.29, 0.717) is 12.5 Å². The lowest BCUT2D eigenvalue weighted by molar-refractivity contribution is -0.273. The second-order valence-corrected chi connectivity index (χ2v) is 5.23. The van der Waals surface area contributed by atoms with E-state index in [1.165, 1.54) is 18.9 Å².